The predicted octanol–water partition coefficient (Wildman–Crippen LogP) is 2.80. The topological polar surface area (TPSA) is 63.8 Å². The van der Waals surface area contributed by atoms with Crippen molar-refractivity contribution < 1.29 is 5.11 Å². The standard InChI is InChI=1S/C13H17ClN4O/c1-8-2-4-9(5-3-8)13(19)18-7-17-10-11(14)15-6-16-12(10)18/h6-9,13,19H,2-5H2,1H3/t8-,9-,13?. The lowest BCUT2D eigenvalue weighted by Gasteiger charge is -2.30. The van der Waals surface area contributed by atoms with Gasteiger partial charge in [0.1, 0.15) is 18.1 Å². The van der Waals surface area contributed by atoms with Crippen LogP contribution in [0.15, 0.2) is 12.7 Å². The van der Waals surface area contributed by atoms with Gasteiger partial charge in [-0.05, 0) is 18.8 Å². The van der Waals surface area contributed by atoms with E-state index >= 15 is 0 Å². The number of imidazole rings is 1. The molecule has 0 radical (unpaired) electrons. The summed E-state index contributed by atoms with van der Waals surface area (Å²) in [6.07, 6.45) is 6.85. The third kappa shape index (κ3) is 2.32. The number of hydrogen-bond acceptors (Lipinski definition) is 4. The van der Waals surface area contributed by atoms with Crippen LogP contribution in [-0.2, 0) is 0 Å². The second kappa shape index (κ2) is 5.06. The average Bonchev–Trinajstić information content (AvgIpc) is 2.84. The van der Waals surface area contributed by atoms with Gasteiger partial charge in [0.25, 0.3) is 0 Å². The Bertz CT molecular complexity index is 577. The fraction of sp³-hybridized carbons (Fsp3) is 0.615. The van der Waals surface area contributed by atoms with E-state index in [2.05, 4.69) is 21.9 Å². The lowest BCUT2D eigenvalue weighted by atomic mass is 9.82. The molecule has 0 spiro atoms. The monoisotopic (exact) mass is 280 g/mol. The first-order chi connectivity index (χ1) is 9.16. The van der Waals surface area contributed by atoms with Gasteiger partial charge in [-0.1, -0.05) is 31.4 Å². The number of halogens is 1. The maximum atomic E-state index is 10.5. The highest BCUT2D eigenvalue weighted by molar-refractivity contribution is 6.33. The fourth-order valence-corrected chi connectivity index (χ4v) is 3.01. The highest BCUT2D eigenvalue weighted by Crippen LogP contribution is 2.35. The molecular formula is C13H17ClN4O. The van der Waals surface area contributed by atoms with Crippen molar-refractivity contribution in [3.05, 3.63) is 17.8 Å². The largest absolute Gasteiger partial charge is 0.373 e. The van der Waals surface area contributed by atoms with Gasteiger partial charge in [-0.3, -0.25) is 4.57 Å². The van der Waals surface area contributed by atoms with Gasteiger partial charge >= 0.3 is 0 Å². The Hall–Kier alpha value is -1.20. The highest BCUT2D eigenvalue weighted by atomic mass is 35.5. The van der Waals surface area contributed by atoms with Crippen LogP contribution in [0.1, 0.15) is 38.8 Å². The van der Waals surface area contributed by atoms with Crippen LogP contribution in [0.4, 0.5) is 0 Å². The molecule has 1 unspecified atom stereocenters. The maximum Gasteiger partial charge on any atom is 0.166 e. The number of aliphatic hydroxyl groups is 1. The number of aromatic nitrogens is 4. The first kappa shape index (κ1) is 12.8. The Balaban J connectivity index is 1.89. The van der Waals surface area contributed by atoms with Crippen molar-refractivity contribution in [1.29, 1.82) is 0 Å². The summed E-state index contributed by atoms with van der Waals surface area (Å²) in [5, 5.41) is 10.9. The normalized spacial score (nSPS) is 25.6. The van der Waals surface area contributed by atoms with Crippen LogP contribution in [0.5, 0.6) is 0 Å². The molecule has 102 valence electrons. The average molecular weight is 281 g/mol. The van der Waals surface area contributed by atoms with Crippen LogP contribution >= 0.6 is 11.6 Å². The molecule has 1 fully saturated rings. The van der Waals surface area contributed by atoms with E-state index in [0.29, 0.717) is 16.3 Å². The third-order valence-corrected chi connectivity index (χ3v) is 4.36. The third-order valence-electron chi connectivity index (χ3n) is 4.08. The Morgan fingerprint density at radius 1 is 1.26 bits per heavy atom. The summed E-state index contributed by atoms with van der Waals surface area (Å²) in [7, 11) is 0. The van der Waals surface area contributed by atoms with Crippen LogP contribution in [0.25, 0.3) is 11.2 Å². The van der Waals surface area contributed by atoms with E-state index in [0.717, 1.165) is 18.8 Å². The minimum Gasteiger partial charge on any atom is -0.373 e. The SMILES string of the molecule is C[C@H]1CC[C@H](C(O)n2cnc3c(Cl)ncnc32)CC1. The molecule has 0 bridgehead atoms. The Morgan fingerprint density at radius 2 is 2.00 bits per heavy atom. The second-order valence-corrected chi connectivity index (χ2v) is 5.78. The zero-order valence-electron chi connectivity index (χ0n) is 10.8. The number of rotatable bonds is 2. The van der Waals surface area contributed by atoms with Gasteiger partial charge in [0.15, 0.2) is 10.8 Å². The predicted molar refractivity (Wildman–Crippen MR) is 72.7 cm³/mol. The number of nitrogens with zero attached hydrogens (tertiary/aromatic N) is 4. The quantitative estimate of drug-likeness (QED) is 0.859. The van der Waals surface area contributed by atoms with Crippen molar-refractivity contribution in [2.24, 2.45) is 11.8 Å². The van der Waals surface area contributed by atoms with Gasteiger partial charge in [0.2, 0.25) is 0 Å². The van der Waals surface area contributed by atoms with Gasteiger partial charge in [0, 0.05) is 5.92 Å². The molecule has 1 aliphatic carbocycles. The van der Waals surface area contributed by atoms with Crippen molar-refractivity contribution in [2.45, 2.75) is 38.8 Å². The highest BCUT2D eigenvalue weighted by Gasteiger charge is 2.27. The molecular weight excluding hydrogens is 264 g/mol. The lowest BCUT2D eigenvalue weighted by Crippen LogP contribution is -2.23. The summed E-state index contributed by atoms with van der Waals surface area (Å²) in [5.41, 5.74) is 1.15. The van der Waals surface area contributed by atoms with E-state index in [1.165, 1.54) is 19.2 Å². The van der Waals surface area contributed by atoms with Crippen LogP contribution in [0, 0.1) is 11.8 Å². The van der Waals surface area contributed by atoms with Gasteiger partial charge in [-0.25, -0.2) is 15.0 Å². The summed E-state index contributed by atoms with van der Waals surface area (Å²) in [6, 6.07) is 0. The van der Waals surface area contributed by atoms with E-state index in [1.807, 2.05) is 0 Å². The molecule has 0 aromatic carbocycles. The van der Waals surface area contributed by atoms with Gasteiger partial charge < -0.3 is 5.11 Å². The minimum atomic E-state index is -0.580. The minimum absolute atomic E-state index is 0.266. The molecule has 1 aliphatic rings. The molecule has 2 heterocycles. The van der Waals surface area contributed by atoms with Gasteiger partial charge in [-0.2, -0.15) is 0 Å². The molecule has 0 amide bonds. The first-order valence-electron chi connectivity index (χ1n) is 6.68. The van der Waals surface area contributed by atoms with Gasteiger partial charge in [0.05, 0.1) is 6.33 Å². The van der Waals surface area contributed by atoms with Gasteiger partial charge in [-0.15, -0.1) is 0 Å². The van der Waals surface area contributed by atoms with E-state index in [-0.39, 0.29) is 5.92 Å². The number of hydrogen-bond donors (Lipinski definition) is 1. The van der Waals surface area contributed by atoms with Crippen molar-refractivity contribution in [2.75, 3.05) is 0 Å². The smallest absolute Gasteiger partial charge is 0.166 e. The second-order valence-electron chi connectivity index (χ2n) is 5.42. The lowest BCUT2D eigenvalue weighted by molar-refractivity contribution is 0.0201. The summed E-state index contributed by atoms with van der Waals surface area (Å²) >= 11 is 5.97. The molecule has 2 aromatic rings. The molecule has 2 aromatic heterocycles. The summed E-state index contributed by atoms with van der Waals surface area (Å²) < 4.78 is 1.71. The molecule has 0 aliphatic heterocycles. The molecule has 19 heavy (non-hydrogen) atoms. The van der Waals surface area contributed by atoms with Crippen LogP contribution in [0.2, 0.25) is 5.15 Å². The Labute approximate surface area is 116 Å². The van der Waals surface area contributed by atoms with E-state index in [1.54, 1.807) is 10.9 Å². The van der Waals surface area contributed by atoms with E-state index < -0.39 is 6.23 Å². The zero-order chi connectivity index (χ0) is 13.4. The molecule has 0 saturated heterocycles. The van der Waals surface area contributed by atoms with E-state index in [4.69, 9.17) is 11.6 Å². The molecule has 1 atom stereocenters. The maximum absolute atomic E-state index is 10.5. The fourth-order valence-electron chi connectivity index (χ4n) is 2.83. The molecule has 6 heteroatoms. The number of fused-ring (bicyclic) bond motifs is 1. The summed E-state index contributed by atoms with van der Waals surface area (Å²) in [6.45, 7) is 2.27. The van der Waals surface area contributed by atoms with Crippen molar-refractivity contribution in [1.82, 2.24) is 19.5 Å². The number of aliphatic hydroxyl groups excluding tert-OH is 1. The Morgan fingerprint density at radius 3 is 2.74 bits per heavy atom. The molecule has 5 nitrogen and oxygen atoms in total. The van der Waals surface area contributed by atoms with Crippen LogP contribution in [-0.4, -0.2) is 24.6 Å². The first-order valence-corrected chi connectivity index (χ1v) is 7.05. The van der Waals surface area contributed by atoms with Crippen LogP contribution < -0.4 is 0 Å². The zero-order valence-corrected chi connectivity index (χ0v) is 11.6. The Kier molecular flexibility index (Phi) is 3.41. The molecule has 3 rings (SSSR count). The van der Waals surface area contributed by atoms with Crippen molar-refractivity contribution in [3.8, 4) is 0 Å². The molecule has 1 N–H and O–H groups in total. The van der Waals surface area contributed by atoms with E-state index in [9.17, 15) is 5.11 Å². The van der Waals surface area contributed by atoms with Crippen molar-refractivity contribution >= 4 is 22.8 Å². The molecule has 1 saturated carbocycles. The summed E-state index contributed by atoms with van der Waals surface area (Å²) in [5.74, 6) is 1.03. The van der Waals surface area contributed by atoms with Crippen molar-refractivity contribution in [3.63, 3.8) is 0 Å². The summed E-state index contributed by atoms with van der Waals surface area (Å²) in [4.78, 5) is 12.3. The van der Waals surface area contributed by atoms with Crippen LogP contribution in [0.3, 0.4) is 0 Å².